The highest BCUT2D eigenvalue weighted by molar-refractivity contribution is 5.71. The van der Waals surface area contributed by atoms with E-state index in [0.29, 0.717) is 0 Å². The summed E-state index contributed by atoms with van der Waals surface area (Å²) in [6.07, 6.45) is 0.250. The molecule has 2 aromatic rings. The first kappa shape index (κ1) is 14.9. The Labute approximate surface area is 114 Å². The summed E-state index contributed by atoms with van der Waals surface area (Å²) in [5.41, 5.74) is 8.14. The van der Waals surface area contributed by atoms with E-state index in [2.05, 4.69) is 64.1 Å². The number of hydrogen-bond donors (Lipinski definition) is 0. The summed E-state index contributed by atoms with van der Waals surface area (Å²) in [5, 5.41) is 0. The van der Waals surface area contributed by atoms with Crippen molar-refractivity contribution in [1.82, 2.24) is 0 Å². The Bertz CT molecular complexity index is 607. The zero-order chi connectivity index (χ0) is 14.4. The number of rotatable bonds is 1. The number of benzene rings is 2. The van der Waals surface area contributed by atoms with Crippen LogP contribution in [0.3, 0.4) is 0 Å². The fourth-order valence-electron chi connectivity index (χ4n) is 2.16. The SMILES string of the molecule is Cc1ccc(-c2cccc(C)c2C)c(C)c1.O=C=O. The molecule has 0 spiro atoms. The van der Waals surface area contributed by atoms with E-state index < -0.39 is 0 Å². The highest BCUT2D eigenvalue weighted by atomic mass is 16.2. The maximum Gasteiger partial charge on any atom is 0.373 e. The van der Waals surface area contributed by atoms with Crippen LogP contribution in [0.1, 0.15) is 22.3 Å². The summed E-state index contributed by atoms with van der Waals surface area (Å²) < 4.78 is 0. The van der Waals surface area contributed by atoms with Gasteiger partial charge in [-0.1, -0.05) is 42.0 Å². The lowest BCUT2D eigenvalue weighted by Gasteiger charge is -2.12. The Morgan fingerprint density at radius 3 is 2.00 bits per heavy atom. The summed E-state index contributed by atoms with van der Waals surface area (Å²) in [6, 6.07) is 13.2. The van der Waals surface area contributed by atoms with E-state index in [1.807, 2.05) is 0 Å². The predicted molar refractivity (Wildman–Crippen MR) is 75.8 cm³/mol. The average molecular weight is 254 g/mol. The lowest BCUT2D eigenvalue weighted by molar-refractivity contribution is -0.191. The van der Waals surface area contributed by atoms with Crippen LogP contribution in [0.15, 0.2) is 36.4 Å². The van der Waals surface area contributed by atoms with Crippen LogP contribution >= 0.6 is 0 Å². The van der Waals surface area contributed by atoms with Gasteiger partial charge in [0.15, 0.2) is 0 Å². The first-order valence-electron chi connectivity index (χ1n) is 6.14. The van der Waals surface area contributed by atoms with E-state index >= 15 is 0 Å². The number of carbonyl (C=O) groups excluding carboxylic acids is 2. The molecule has 98 valence electrons. The molecular formula is C17H18O2. The van der Waals surface area contributed by atoms with Crippen LogP contribution in [-0.4, -0.2) is 6.15 Å². The summed E-state index contributed by atoms with van der Waals surface area (Å²) in [5.74, 6) is 0. The molecule has 0 radical (unpaired) electrons. The highest BCUT2D eigenvalue weighted by Gasteiger charge is 2.06. The van der Waals surface area contributed by atoms with E-state index in [1.165, 1.54) is 33.4 Å². The number of hydrogen-bond acceptors (Lipinski definition) is 2. The van der Waals surface area contributed by atoms with Crippen LogP contribution in [0.25, 0.3) is 11.1 Å². The van der Waals surface area contributed by atoms with Crippen molar-refractivity contribution in [2.75, 3.05) is 0 Å². The maximum atomic E-state index is 8.12. The van der Waals surface area contributed by atoms with Gasteiger partial charge in [0, 0.05) is 0 Å². The fraction of sp³-hybridized carbons (Fsp3) is 0.235. The second-order valence-corrected chi connectivity index (χ2v) is 4.65. The molecule has 0 unspecified atom stereocenters. The third kappa shape index (κ3) is 3.64. The fourth-order valence-corrected chi connectivity index (χ4v) is 2.16. The third-order valence-corrected chi connectivity index (χ3v) is 3.28. The molecule has 0 fully saturated rings. The van der Waals surface area contributed by atoms with Gasteiger partial charge in [-0.2, -0.15) is 9.59 Å². The van der Waals surface area contributed by atoms with Crippen LogP contribution in [-0.2, 0) is 9.59 Å². The van der Waals surface area contributed by atoms with Crippen LogP contribution in [0.2, 0.25) is 0 Å². The molecule has 2 nitrogen and oxygen atoms in total. The minimum atomic E-state index is 0.250. The van der Waals surface area contributed by atoms with Crippen molar-refractivity contribution in [3.63, 3.8) is 0 Å². The lowest BCUT2D eigenvalue weighted by Crippen LogP contribution is -1.90. The zero-order valence-corrected chi connectivity index (χ0v) is 11.8. The van der Waals surface area contributed by atoms with Crippen molar-refractivity contribution >= 4 is 6.15 Å². The van der Waals surface area contributed by atoms with Crippen molar-refractivity contribution < 1.29 is 9.59 Å². The molecule has 0 saturated heterocycles. The van der Waals surface area contributed by atoms with Gasteiger partial charge >= 0.3 is 6.15 Å². The Hall–Kier alpha value is -2.18. The molecule has 0 aromatic heterocycles. The molecule has 0 aliphatic carbocycles. The first-order chi connectivity index (χ1) is 9.01. The molecule has 0 aliphatic rings. The molecule has 2 heteroatoms. The number of aryl methyl sites for hydroxylation is 3. The van der Waals surface area contributed by atoms with Crippen LogP contribution in [0, 0.1) is 27.7 Å². The van der Waals surface area contributed by atoms with Gasteiger partial charge in [-0.15, -0.1) is 0 Å². The summed E-state index contributed by atoms with van der Waals surface area (Å²) >= 11 is 0. The first-order valence-corrected chi connectivity index (χ1v) is 6.14. The van der Waals surface area contributed by atoms with Crippen LogP contribution in [0.4, 0.5) is 0 Å². The van der Waals surface area contributed by atoms with Gasteiger partial charge in [0.2, 0.25) is 0 Å². The monoisotopic (exact) mass is 254 g/mol. The smallest absolute Gasteiger partial charge is 0.186 e. The molecule has 0 N–H and O–H groups in total. The van der Waals surface area contributed by atoms with E-state index in [-0.39, 0.29) is 6.15 Å². The molecule has 2 aromatic carbocycles. The molecule has 0 atom stereocenters. The van der Waals surface area contributed by atoms with Crippen molar-refractivity contribution in [2.45, 2.75) is 27.7 Å². The van der Waals surface area contributed by atoms with Crippen LogP contribution in [0.5, 0.6) is 0 Å². The molecule has 0 saturated carbocycles. The van der Waals surface area contributed by atoms with Gasteiger partial charge in [-0.3, -0.25) is 0 Å². The molecule has 19 heavy (non-hydrogen) atoms. The van der Waals surface area contributed by atoms with Gasteiger partial charge in [0.1, 0.15) is 0 Å². The summed E-state index contributed by atoms with van der Waals surface area (Å²) in [6.45, 7) is 8.69. The summed E-state index contributed by atoms with van der Waals surface area (Å²) in [4.78, 5) is 16.2. The molecular weight excluding hydrogens is 236 g/mol. The van der Waals surface area contributed by atoms with E-state index in [9.17, 15) is 0 Å². The Balaban J connectivity index is 0.000000550. The Morgan fingerprint density at radius 2 is 1.42 bits per heavy atom. The van der Waals surface area contributed by atoms with E-state index in [0.717, 1.165) is 0 Å². The highest BCUT2D eigenvalue weighted by Crippen LogP contribution is 2.28. The molecule has 2 rings (SSSR count). The largest absolute Gasteiger partial charge is 0.373 e. The summed E-state index contributed by atoms with van der Waals surface area (Å²) in [7, 11) is 0. The van der Waals surface area contributed by atoms with Crippen molar-refractivity contribution in [3.8, 4) is 11.1 Å². The maximum absolute atomic E-state index is 8.12. The van der Waals surface area contributed by atoms with E-state index in [1.54, 1.807) is 0 Å². The Kier molecular flexibility index (Phi) is 5.23. The topological polar surface area (TPSA) is 34.1 Å². The molecule has 0 bridgehead atoms. The molecule has 0 heterocycles. The van der Waals surface area contributed by atoms with Gasteiger partial charge in [-0.05, 0) is 55.5 Å². The standard InChI is InChI=1S/C16H18.CO2/c1-11-8-9-15(13(3)10-11)16-7-5-6-12(2)14(16)4;2-1-3/h5-10H,1-4H3;. The van der Waals surface area contributed by atoms with Gasteiger partial charge in [0.05, 0.1) is 0 Å². The van der Waals surface area contributed by atoms with Crippen molar-refractivity contribution in [2.24, 2.45) is 0 Å². The third-order valence-electron chi connectivity index (χ3n) is 3.28. The second kappa shape index (κ2) is 6.67. The Morgan fingerprint density at radius 1 is 0.789 bits per heavy atom. The zero-order valence-electron chi connectivity index (χ0n) is 11.8. The molecule has 0 amide bonds. The predicted octanol–water partition coefficient (Wildman–Crippen LogP) is 4.00. The minimum Gasteiger partial charge on any atom is -0.186 e. The minimum absolute atomic E-state index is 0.250. The van der Waals surface area contributed by atoms with E-state index in [4.69, 9.17) is 9.59 Å². The lowest BCUT2D eigenvalue weighted by atomic mass is 9.93. The second-order valence-electron chi connectivity index (χ2n) is 4.65. The normalized spacial score (nSPS) is 9.26. The van der Waals surface area contributed by atoms with Crippen molar-refractivity contribution in [1.29, 1.82) is 0 Å². The van der Waals surface area contributed by atoms with Gasteiger partial charge in [0.25, 0.3) is 0 Å². The quantitative estimate of drug-likeness (QED) is 0.770. The van der Waals surface area contributed by atoms with Crippen molar-refractivity contribution in [3.05, 3.63) is 58.7 Å². The average Bonchev–Trinajstić information content (AvgIpc) is 2.34. The van der Waals surface area contributed by atoms with Crippen LogP contribution < -0.4 is 0 Å². The van der Waals surface area contributed by atoms with Gasteiger partial charge < -0.3 is 0 Å². The molecule has 0 aliphatic heterocycles. The van der Waals surface area contributed by atoms with Gasteiger partial charge in [-0.25, -0.2) is 0 Å².